The standard InChI is InChI=1S/C15H17N3OS/c1-9-7-8-11-12(16)13(20-15(11)17-9)14(19)18-10-5-3-2-4-6-10/h2-3,7-8,10H,4-6,16H2,1H3,(H,18,19). The summed E-state index contributed by atoms with van der Waals surface area (Å²) in [5, 5.41) is 3.93. The summed E-state index contributed by atoms with van der Waals surface area (Å²) >= 11 is 1.37. The van der Waals surface area contributed by atoms with Gasteiger partial charge in [0, 0.05) is 17.1 Å². The highest BCUT2D eigenvalue weighted by atomic mass is 32.1. The number of carbonyl (C=O) groups excluding carboxylic acids is 1. The molecule has 1 aliphatic rings. The number of carbonyl (C=O) groups is 1. The van der Waals surface area contributed by atoms with Crippen molar-refractivity contribution in [2.75, 3.05) is 5.73 Å². The van der Waals surface area contributed by atoms with Gasteiger partial charge in [-0.3, -0.25) is 4.79 Å². The predicted molar refractivity (Wildman–Crippen MR) is 83.0 cm³/mol. The third-order valence-electron chi connectivity index (χ3n) is 3.54. The first kappa shape index (κ1) is 13.1. The monoisotopic (exact) mass is 287 g/mol. The Morgan fingerprint density at radius 1 is 1.45 bits per heavy atom. The van der Waals surface area contributed by atoms with E-state index in [2.05, 4.69) is 22.5 Å². The summed E-state index contributed by atoms with van der Waals surface area (Å²) < 4.78 is 0. The summed E-state index contributed by atoms with van der Waals surface area (Å²) in [4.78, 5) is 18.2. The first-order chi connectivity index (χ1) is 9.65. The van der Waals surface area contributed by atoms with Crippen LogP contribution in [0.2, 0.25) is 0 Å². The lowest BCUT2D eigenvalue weighted by Crippen LogP contribution is -2.35. The number of fused-ring (bicyclic) bond motifs is 1. The Kier molecular flexibility index (Phi) is 3.44. The maximum absolute atomic E-state index is 12.4. The first-order valence-electron chi connectivity index (χ1n) is 6.76. The molecule has 3 N–H and O–H groups in total. The second-order valence-corrected chi connectivity index (χ2v) is 6.10. The van der Waals surface area contributed by atoms with Crippen molar-refractivity contribution in [1.29, 1.82) is 0 Å². The fourth-order valence-electron chi connectivity index (χ4n) is 2.43. The number of rotatable bonds is 2. The van der Waals surface area contributed by atoms with Crippen molar-refractivity contribution in [2.45, 2.75) is 32.2 Å². The minimum atomic E-state index is -0.0801. The maximum Gasteiger partial charge on any atom is 0.263 e. The van der Waals surface area contributed by atoms with Gasteiger partial charge in [-0.15, -0.1) is 11.3 Å². The van der Waals surface area contributed by atoms with E-state index in [0.29, 0.717) is 10.6 Å². The summed E-state index contributed by atoms with van der Waals surface area (Å²) in [5.41, 5.74) is 7.57. The molecule has 1 atom stereocenters. The van der Waals surface area contributed by atoms with Gasteiger partial charge in [0.1, 0.15) is 9.71 Å². The van der Waals surface area contributed by atoms with Crippen LogP contribution in [0.1, 0.15) is 34.6 Å². The summed E-state index contributed by atoms with van der Waals surface area (Å²) in [6.45, 7) is 1.93. The summed E-state index contributed by atoms with van der Waals surface area (Å²) in [5.74, 6) is -0.0801. The highest BCUT2D eigenvalue weighted by Crippen LogP contribution is 2.32. The minimum absolute atomic E-state index is 0.0801. The molecule has 0 aromatic carbocycles. The Labute approximate surface area is 121 Å². The predicted octanol–water partition coefficient (Wildman–Crippen LogP) is 3.03. The smallest absolute Gasteiger partial charge is 0.263 e. The number of aromatic nitrogens is 1. The third-order valence-corrected chi connectivity index (χ3v) is 4.66. The second-order valence-electron chi connectivity index (χ2n) is 5.11. The number of amides is 1. The molecule has 3 rings (SSSR count). The Bertz CT molecular complexity index is 690. The Balaban J connectivity index is 1.87. The van der Waals surface area contributed by atoms with E-state index < -0.39 is 0 Å². The Morgan fingerprint density at radius 3 is 3.05 bits per heavy atom. The lowest BCUT2D eigenvalue weighted by Gasteiger charge is -2.18. The van der Waals surface area contributed by atoms with E-state index in [-0.39, 0.29) is 11.9 Å². The van der Waals surface area contributed by atoms with Crippen molar-refractivity contribution >= 4 is 33.1 Å². The first-order valence-corrected chi connectivity index (χ1v) is 7.58. The number of hydrogen-bond acceptors (Lipinski definition) is 4. The average molecular weight is 287 g/mol. The van der Waals surface area contributed by atoms with Crippen LogP contribution in [-0.2, 0) is 0 Å². The van der Waals surface area contributed by atoms with E-state index in [1.165, 1.54) is 11.3 Å². The quantitative estimate of drug-likeness (QED) is 0.834. The van der Waals surface area contributed by atoms with Gasteiger partial charge in [0.15, 0.2) is 0 Å². The molecule has 0 aliphatic heterocycles. The molecule has 2 aromatic rings. The molecule has 0 radical (unpaired) electrons. The van der Waals surface area contributed by atoms with Crippen LogP contribution in [0.4, 0.5) is 5.69 Å². The van der Waals surface area contributed by atoms with Gasteiger partial charge in [-0.1, -0.05) is 12.2 Å². The van der Waals surface area contributed by atoms with Gasteiger partial charge >= 0.3 is 0 Å². The van der Waals surface area contributed by atoms with Crippen molar-refractivity contribution in [2.24, 2.45) is 0 Å². The van der Waals surface area contributed by atoms with Gasteiger partial charge in [-0.25, -0.2) is 4.98 Å². The number of nitrogen functional groups attached to an aromatic ring is 1. The Morgan fingerprint density at radius 2 is 2.30 bits per heavy atom. The zero-order valence-corrected chi connectivity index (χ0v) is 12.2. The van der Waals surface area contributed by atoms with E-state index in [9.17, 15) is 4.79 Å². The molecule has 0 fully saturated rings. The highest BCUT2D eigenvalue weighted by molar-refractivity contribution is 7.21. The normalized spacial score (nSPS) is 18.4. The number of pyridine rings is 1. The number of thiophene rings is 1. The van der Waals surface area contributed by atoms with Crippen LogP contribution in [-0.4, -0.2) is 16.9 Å². The molecule has 20 heavy (non-hydrogen) atoms. The molecule has 2 aromatic heterocycles. The molecule has 0 bridgehead atoms. The molecule has 1 amide bonds. The summed E-state index contributed by atoms with van der Waals surface area (Å²) in [6, 6.07) is 4.06. The molecule has 0 spiro atoms. The topological polar surface area (TPSA) is 68.0 Å². The molecule has 1 aliphatic carbocycles. The number of hydrogen-bond donors (Lipinski definition) is 2. The Hall–Kier alpha value is -1.88. The van der Waals surface area contributed by atoms with E-state index in [1.807, 2.05) is 19.1 Å². The van der Waals surface area contributed by atoms with Crippen LogP contribution < -0.4 is 11.1 Å². The van der Waals surface area contributed by atoms with Crippen LogP contribution in [0.3, 0.4) is 0 Å². The zero-order chi connectivity index (χ0) is 14.1. The molecule has 1 unspecified atom stereocenters. The van der Waals surface area contributed by atoms with Crippen LogP contribution in [0.25, 0.3) is 10.2 Å². The highest BCUT2D eigenvalue weighted by Gasteiger charge is 2.20. The van der Waals surface area contributed by atoms with E-state index >= 15 is 0 Å². The van der Waals surface area contributed by atoms with Crippen molar-refractivity contribution in [3.8, 4) is 0 Å². The number of nitrogens with zero attached hydrogens (tertiary/aromatic N) is 1. The van der Waals surface area contributed by atoms with Crippen molar-refractivity contribution in [3.63, 3.8) is 0 Å². The third kappa shape index (κ3) is 2.41. The van der Waals surface area contributed by atoms with E-state index in [1.54, 1.807) is 0 Å². The van der Waals surface area contributed by atoms with Gasteiger partial charge in [0.05, 0.1) is 5.69 Å². The average Bonchev–Trinajstić information content (AvgIpc) is 2.76. The number of nitrogens with one attached hydrogen (secondary N) is 1. The van der Waals surface area contributed by atoms with Crippen molar-refractivity contribution in [3.05, 3.63) is 34.9 Å². The lowest BCUT2D eigenvalue weighted by atomic mass is 10.0. The molecule has 0 saturated heterocycles. The van der Waals surface area contributed by atoms with E-state index in [4.69, 9.17) is 5.73 Å². The van der Waals surface area contributed by atoms with Crippen LogP contribution in [0.15, 0.2) is 24.3 Å². The van der Waals surface area contributed by atoms with Crippen LogP contribution in [0, 0.1) is 6.92 Å². The number of allylic oxidation sites excluding steroid dienone is 1. The molecule has 4 nitrogen and oxygen atoms in total. The van der Waals surface area contributed by atoms with Gasteiger partial charge in [0.2, 0.25) is 0 Å². The minimum Gasteiger partial charge on any atom is -0.397 e. The summed E-state index contributed by atoms with van der Waals surface area (Å²) in [6.07, 6.45) is 7.18. The number of nitrogens with two attached hydrogens (primary N) is 1. The van der Waals surface area contributed by atoms with Crippen LogP contribution in [0.5, 0.6) is 0 Å². The maximum atomic E-state index is 12.4. The van der Waals surface area contributed by atoms with Crippen LogP contribution >= 0.6 is 11.3 Å². The molecule has 0 saturated carbocycles. The zero-order valence-electron chi connectivity index (χ0n) is 11.3. The number of aryl methyl sites for hydroxylation is 1. The fourth-order valence-corrected chi connectivity index (χ4v) is 3.48. The molecule has 2 heterocycles. The van der Waals surface area contributed by atoms with Gasteiger partial charge in [-0.2, -0.15) is 0 Å². The summed E-state index contributed by atoms with van der Waals surface area (Å²) in [7, 11) is 0. The molecule has 104 valence electrons. The molecular weight excluding hydrogens is 270 g/mol. The van der Waals surface area contributed by atoms with Gasteiger partial charge in [0.25, 0.3) is 5.91 Å². The largest absolute Gasteiger partial charge is 0.397 e. The number of anilines is 1. The second kappa shape index (κ2) is 5.25. The van der Waals surface area contributed by atoms with Gasteiger partial charge in [-0.05, 0) is 38.3 Å². The van der Waals surface area contributed by atoms with Crippen molar-refractivity contribution < 1.29 is 4.79 Å². The van der Waals surface area contributed by atoms with E-state index in [0.717, 1.165) is 35.2 Å². The molecular formula is C15H17N3OS. The fraction of sp³-hybridized carbons (Fsp3) is 0.333. The van der Waals surface area contributed by atoms with Gasteiger partial charge < -0.3 is 11.1 Å². The lowest BCUT2D eigenvalue weighted by molar-refractivity contribution is 0.0939. The SMILES string of the molecule is Cc1ccc2c(N)c(C(=O)NC3CC=CCC3)sc2n1. The van der Waals surface area contributed by atoms with Crippen molar-refractivity contribution in [1.82, 2.24) is 10.3 Å². The molecule has 5 heteroatoms.